The molecule has 0 bridgehead atoms. The van der Waals surface area contributed by atoms with Crippen LogP contribution in [0.4, 0.5) is 13.2 Å². The van der Waals surface area contributed by atoms with Crippen molar-refractivity contribution in [1.29, 1.82) is 0 Å². The first kappa shape index (κ1) is 19.1. The second-order valence-corrected chi connectivity index (χ2v) is 7.07. The number of carbonyl (C=O) groups excluding carboxylic acids is 2. The van der Waals surface area contributed by atoms with E-state index in [1.165, 1.54) is 30.1 Å². The monoisotopic (exact) mass is 402 g/mol. The fraction of sp³-hybridized carbons (Fsp3) is 0.300. The van der Waals surface area contributed by atoms with Crippen LogP contribution < -0.4 is 0 Å². The number of hydrogen-bond acceptors (Lipinski definition) is 4. The van der Waals surface area contributed by atoms with Gasteiger partial charge in [0, 0.05) is 24.8 Å². The molecule has 0 unspecified atom stereocenters. The van der Waals surface area contributed by atoms with Gasteiger partial charge in [-0.2, -0.15) is 5.10 Å². The third-order valence-corrected chi connectivity index (χ3v) is 5.15. The van der Waals surface area contributed by atoms with Gasteiger partial charge in [0.05, 0.1) is 23.2 Å². The molecule has 1 fully saturated rings. The number of rotatable bonds is 5. The highest BCUT2D eigenvalue weighted by Gasteiger charge is 2.33. The van der Waals surface area contributed by atoms with Gasteiger partial charge in [0.1, 0.15) is 23.7 Å². The number of alkyl halides is 2. The summed E-state index contributed by atoms with van der Waals surface area (Å²) in [6, 6.07) is 5.17. The largest absolute Gasteiger partial charge is 0.340 e. The molecule has 0 aliphatic carbocycles. The van der Waals surface area contributed by atoms with E-state index in [2.05, 4.69) is 10.1 Å². The smallest absolute Gasteiger partial charge is 0.266 e. The van der Waals surface area contributed by atoms with Crippen molar-refractivity contribution in [3.8, 4) is 11.1 Å². The third kappa shape index (κ3) is 3.59. The van der Waals surface area contributed by atoms with Gasteiger partial charge in [-0.1, -0.05) is 6.07 Å². The summed E-state index contributed by atoms with van der Waals surface area (Å²) in [6.45, 7) is 2.30. The zero-order valence-corrected chi connectivity index (χ0v) is 15.5. The Morgan fingerprint density at radius 2 is 1.93 bits per heavy atom. The van der Waals surface area contributed by atoms with Gasteiger partial charge in [-0.05, 0) is 30.7 Å². The van der Waals surface area contributed by atoms with Gasteiger partial charge in [-0.3, -0.25) is 19.3 Å². The van der Waals surface area contributed by atoms with Gasteiger partial charge in [0.2, 0.25) is 5.91 Å². The van der Waals surface area contributed by atoms with Crippen molar-refractivity contribution < 1.29 is 22.8 Å². The molecule has 9 heteroatoms. The van der Waals surface area contributed by atoms with Crippen LogP contribution >= 0.6 is 0 Å². The molecule has 0 saturated carbocycles. The van der Waals surface area contributed by atoms with E-state index in [0.717, 1.165) is 12.1 Å². The number of pyridine rings is 1. The minimum Gasteiger partial charge on any atom is -0.340 e. The van der Waals surface area contributed by atoms with Gasteiger partial charge in [-0.15, -0.1) is 0 Å². The van der Waals surface area contributed by atoms with Crippen molar-refractivity contribution in [1.82, 2.24) is 19.7 Å². The second-order valence-electron chi connectivity index (χ2n) is 7.07. The number of amides is 1. The molecule has 1 aliphatic rings. The Labute approximate surface area is 163 Å². The molecule has 0 spiro atoms. The summed E-state index contributed by atoms with van der Waals surface area (Å²) >= 11 is 0. The van der Waals surface area contributed by atoms with E-state index in [1.807, 2.05) is 0 Å². The predicted molar refractivity (Wildman–Crippen MR) is 98.6 cm³/mol. The lowest BCUT2D eigenvalue weighted by atomic mass is 9.96. The van der Waals surface area contributed by atoms with E-state index in [0.29, 0.717) is 35.2 Å². The lowest BCUT2D eigenvalue weighted by Crippen LogP contribution is -2.53. The molecule has 0 N–H and O–H groups in total. The molecule has 1 aliphatic heterocycles. The molecule has 150 valence electrons. The molecule has 29 heavy (non-hydrogen) atoms. The zero-order chi connectivity index (χ0) is 20.7. The van der Waals surface area contributed by atoms with Gasteiger partial charge < -0.3 is 4.90 Å². The van der Waals surface area contributed by atoms with Gasteiger partial charge >= 0.3 is 0 Å². The van der Waals surface area contributed by atoms with Crippen molar-refractivity contribution in [2.75, 3.05) is 13.1 Å². The number of fused-ring (bicyclic) bond motifs is 1. The summed E-state index contributed by atoms with van der Waals surface area (Å²) in [5.74, 6) is -1.18. The highest BCUT2D eigenvalue weighted by Crippen LogP contribution is 2.29. The van der Waals surface area contributed by atoms with Crippen LogP contribution in [0.1, 0.15) is 18.9 Å². The normalized spacial score (nSPS) is 14.4. The SMILES string of the molecule is CC(=O)C1CN(C(=O)Cn2ncc3ncc(-c4ccc(F)c(C(F)F)c4)cc32)C1. The Morgan fingerprint density at radius 3 is 2.62 bits per heavy atom. The number of carbonyl (C=O) groups is 2. The van der Waals surface area contributed by atoms with Crippen LogP contribution in [0.25, 0.3) is 22.2 Å². The molecule has 3 aromatic rings. The molecular weight excluding hydrogens is 385 g/mol. The number of benzene rings is 1. The van der Waals surface area contributed by atoms with Gasteiger partial charge in [0.25, 0.3) is 6.43 Å². The van der Waals surface area contributed by atoms with E-state index in [1.54, 1.807) is 11.0 Å². The average Bonchev–Trinajstić information content (AvgIpc) is 3.02. The Morgan fingerprint density at radius 1 is 1.17 bits per heavy atom. The molecular formula is C20H17F3N4O2. The minimum atomic E-state index is -2.93. The van der Waals surface area contributed by atoms with E-state index in [4.69, 9.17) is 0 Å². The number of likely N-dealkylation sites (tertiary alicyclic amines) is 1. The molecule has 2 aromatic heterocycles. The van der Waals surface area contributed by atoms with Crippen LogP contribution in [0.15, 0.2) is 36.7 Å². The summed E-state index contributed by atoms with van der Waals surface area (Å²) in [7, 11) is 0. The van der Waals surface area contributed by atoms with E-state index in [-0.39, 0.29) is 24.2 Å². The summed E-state index contributed by atoms with van der Waals surface area (Å²) in [4.78, 5) is 29.6. The average molecular weight is 402 g/mol. The fourth-order valence-corrected chi connectivity index (χ4v) is 3.30. The lowest BCUT2D eigenvalue weighted by Gasteiger charge is -2.37. The molecule has 1 saturated heterocycles. The van der Waals surface area contributed by atoms with Crippen LogP contribution in [-0.4, -0.2) is 44.4 Å². The molecule has 0 atom stereocenters. The lowest BCUT2D eigenvalue weighted by molar-refractivity contribution is -0.142. The van der Waals surface area contributed by atoms with E-state index >= 15 is 0 Å². The van der Waals surface area contributed by atoms with Crippen molar-refractivity contribution in [2.24, 2.45) is 5.92 Å². The first-order chi connectivity index (χ1) is 13.8. The van der Waals surface area contributed by atoms with E-state index in [9.17, 15) is 22.8 Å². The number of aromatic nitrogens is 3. The first-order valence-electron chi connectivity index (χ1n) is 9.01. The van der Waals surface area contributed by atoms with Crippen molar-refractivity contribution in [2.45, 2.75) is 19.9 Å². The summed E-state index contributed by atoms with van der Waals surface area (Å²) in [5.41, 5.74) is 1.32. The molecule has 0 radical (unpaired) electrons. The Balaban J connectivity index is 1.59. The zero-order valence-electron chi connectivity index (χ0n) is 15.5. The highest BCUT2D eigenvalue weighted by molar-refractivity contribution is 5.86. The Hall–Kier alpha value is -3.23. The summed E-state index contributed by atoms with van der Waals surface area (Å²) in [5, 5.41) is 4.18. The second kappa shape index (κ2) is 7.31. The quantitative estimate of drug-likeness (QED) is 0.657. The molecule has 1 aromatic carbocycles. The summed E-state index contributed by atoms with van der Waals surface area (Å²) in [6.07, 6.45) is 0.0759. The Kier molecular flexibility index (Phi) is 4.81. The Bertz CT molecular complexity index is 1110. The standard InChI is InChI=1S/C20H17F3N4O2/c1-11(28)14-8-26(9-14)19(29)10-27-18-5-13(6-24-17(18)7-25-27)12-2-3-16(21)15(4-12)20(22)23/h2-7,14,20H,8-10H2,1H3. The highest BCUT2D eigenvalue weighted by atomic mass is 19.3. The number of Topliss-reactive ketones (excluding diaryl/α,β-unsaturated/α-hetero) is 1. The fourth-order valence-electron chi connectivity index (χ4n) is 3.30. The number of nitrogens with zero attached hydrogens (tertiary/aromatic N) is 4. The van der Waals surface area contributed by atoms with Crippen LogP contribution in [0, 0.1) is 11.7 Å². The molecule has 6 nitrogen and oxygen atoms in total. The molecule has 1 amide bonds. The van der Waals surface area contributed by atoms with E-state index < -0.39 is 17.8 Å². The maximum atomic E-state index is 13.6. The maximum absolute atomic E-state index is 13.6. The van der Waals surface area contributed by atoms with Crippen molar-refractivity contribution in [3.05, 3.63) is 48.0 Å². The van der Waals surface area contributed by atoms with Gasteiger partial charge in [0.15, 0.2) is 0 Å². The van der Waals surface area contributed by atoms with Crippen LogP contribution in [0.5, 0.6) is 0 Å². The third-order valence-electron chi connectivity index (χ3n) is 5.15. The van der Waals surface area contributed by atoms with Crippen molar-refractivity contribution >= 4 is 22.7 Å². The first-order valence-corrected chi connectivity index (χ1v) is 9.01. The van der Waals surface area contributed by atoms with Crippen LogP contribution in [0.2, 0.25) is 0 Å². The van der Waals surface area contributed by atoms with Crippen LogP contribution in [-0.2, 0) is 16.1 Å². The van der Waals surface area contributed by atoms with Crippen molar-refractivity contribution in [3.63, 3.8) is 0 Å². The minimum absolute atomic E-state index is 0.0229. The maximum Gasteiger partial charge on any atom is 0.266 e. The number of halogens is 3. The molecule has 4 rings (SSSR count). The predicted octanol–water partition coefficient (Wildman–Crippen LogP) is 3.22. The molecule has 3 heterocycles. The topological polar surface area (TPSA) is 68.1 Å². The summed E-state index contributed by atoms with van der Waals surface area (Å²) < 4.78 is 41.0. The number of ketones is 1. The van der Waals surface area contributed by atoms with Gasteiger partial charge in [-0.25, -0.2) is 13.2 Å². The van der Waals surface area contributed by atoms with Crippen LogP contribution in [0.3, 0.4) is 0 Å². The number of hydrogen-bond donors (Lipinski definition) is 0.